The van der Waals surface area contributed by atoms with Gasteiger partial charge in [-0.1, -0.05) is 229 Å². The Morgan fingerprint density at radius 3 is 1.45 bits per heavy atom. The largest absolute Gasteiger partial charge is 0.494 e. The van der Waals surface area contributed by atoms with Gasteiger partial charge in [-0.05, 0) is 193 Å². The molecular weight excluding hydrogens is 1020 g/mol. The van der Waals surface area contributed by atoms with E-state index in [1.807, 2.05) is 30.4 Å². The molecule has 0 fully saturated rings. The van der Waals surface area contributed by atoms with E-state index < -0.39 is 0 Å². The molecule has 408 valence electrons. The topological polar surface area (TPSA) is 17.4 Å². The zero-order chi connectivity index (χ0) is 57.4. The molecule has 0 bridgehead atoms. The molecule has 0 saturated carbocycles. The van der Waals surface area contributed by atoms with E-state index in [1.165, 1.54) is 66.4 Å². The Bertz CT molecular complexity index is 4370. The van der Waals surface area contributed by atoms with Gasteiger partial charge in [0.1, 0.15) is 5.75 Å². The van der Waals surface area contributed by atoms with Crippen molar-refractivity contribution in [2.45, 2.75) is 50.9 Å². The average Bonchev–Trinajstić information content (AvgIpc) is 1.76. The first-order valence-electron chi connectivity index (χ1n) is 29.4. The van der Waals surface area contributed by atoms with Crippen molar-refractivity contribution >= 4 is 57.1 Å². The minimum Gasteiger partial charge on any atom is -0.494 e. The van der Waals surface area contributed by atoms with Gasteiger partial charge in [0.2, 0.25) is 0 Å². The molecule has 12 aromatic rings. The van der Waals surface area contributed by atoms with Gasteiger partial charge in [0.25, 0.3) is 0 Å². The Morgan fingerprint density at radius 2 is 0.893 bits per heavy atom. The quantitative estimate of drug-likeness (QED) is 0.0846. The van der Waals surface area contributed by atoms with E-state index in [2.05, 4.69) is 293 Å². The standard InChI is InChI=1S/C81H68N2O/c1-7-56-21-27-61(28-22-56)63-35-49-78-74(53-63)75-54-64(36-50-79(75)83(78)69-39-23-57(8-2)24-40-69)62-33-43-68(44-34-62)82(67-41-31-60(32-42-67)59-29-37-65(38-30-59)80(4,5)6)70-45-48-73-72-19-13-14-20-76(72)81(77(73)55-70,66-17-11-10-12-18-66)51-15-16-52-84-71-46-25-58(9-3)26-47-71/h7-14,17-50,53-55H,1-3,15-16,51-52H2,4-6H3. The van der Waals surface area contributed by atoms with Crippen LogP contribution in [0.25, 0.3) is 90.2 Å². The lowest BCUT2D eigenvalue weighted by Crippen LogP contribution is -2.27. The SMILES string of the molecule is C=Cc1ccc(OCCCCC2(c3ccccc3)c3ccccc3-c3ccc(N(c4ccc(-c5ccc(C(C)(C)C)cc5)cc4)c4ccc(-c5ccc6c(c5)c5cc(-c7ccc(C=C)cc7)ccc5n6-c5ccc(C=C)cc5)cc4)cc32)cc1. The normalized spacial score (nSPS) is 13.6. The summed E-state index contributed by atoms with van der Waals surface area (Å²) in [7, 11) is 0. The summed E-state index contributed by atoms with van der Waals surface area (Å²) in [5.41, 5.74) is 24.6. The number of rotatable bonds is 17. The average molecular weight is 1090 g/mol. The van der Waals surface area contributed by atoms with Crippen LogP contribution in [0.2, 0.25) is 0 Å². The van der Waals surface area contributed by atoms with Gasteiger partial charge in [-0.25, -0.2) is 0 Å². The maximum absolute atomic E-state index is 6.33. The molecule has 0 aliphatic heterocycles. The third kappa shape index (κ3) is 9.96. The van der Waals surface area contributed by atoms with Gasteiger partial charge in [0.05, 0.1) is 17.6 Å². The van der Waals surface area contributed by atoms with Gasteiger partial charge < -0.3 is 14.2 Å². The molecule has 1 unspecified atom stereocenters. The Hall–Kier alpha value is -9.96. The number of aromatic nitrogens is 1. The van der Waals surface area contributed by atoms with Crippen molar-refractivity contribution in [1.29, 1.82) is 0 Å². The van der Waals surface area contributed by atoms with E-state index >= 15 is 0 Å². The van der Waals surface area contributed by atoms with E-state index in [4.69, 9.17) is 4.74 Å². The van der Waals surface area contributed by atoms with Crippen LogP contribution >= 0.6 is 0 Å². The number of fused-ring (bicyclic) bond motifs is 6. The predicted molar refractivity (Wildman–Crippen MR) is 358 cm³/mol. The highest BCUT2D eigenvalue weighted by molar-refractivity contribution is 6.11. The van der Waals surface area contributed by atoms with Crippen molar-refractivity contribution in [3.63, 3.8) is 0 Å². The van der Waals surface area contributed by atoms with Crippen LogP contribution in [-0.2, 0) is 10.8 Å². The van der Waals surface area contributed by atoms with Crippen LogP contribution in [0, 0.1) is 0 Å². The van der Waals surface area contributed by atoms with Crippen molar-refractivity contribution in [3.8, 4) is 55.9 Å². The Kier molecular flexibility index (Phi) is 14.2. The number of hydrogen-bond donors (Lipinski definition) is 0. The summed E-state index contributed by atoms with van der Waals surface area (Å²) in [6, 6.07) is 94.1. The maximum atomic E-state index is 6.33. The molecular formula is C81H68N2O. The number of anilines is 3. The molecule has 13 rings (SSSR count). The highest BCUT2D eigenvalue weighted by Gasteiger charge is 2.44. The van der Waals surface area contributed by atoms with Crippen molar-refractivity contribution in [3.05, 3.63) is 313 Å². The summed E-state index contributed by atoms with van der Waals surface area (Å²) in [5, 5.41) is 2.40. The van der Waals surface area contributed by atoms with Gasteiger partial charge in [-0.2, -0.15) is 0 Å². The van der Waals surface area contributed by atoms with Gasteiger partial charge >= 0.3 is 0 Å². The van der Waals surface area contributed by atoms with E-state index in [1.54, 1.807) is 0 Å². The molecule has 1 heterocycles. The highest BCUT2D eigenvalue weighted by Crippen LogP contribution is 2.56. The van der Waals surface area contributed by atoms with Gasteiger partial charge in [-0.15, -0.1) is 0 Å². The molecule has 1 atom stereocenters. The minimum atomic E-state index is -0.388. The summed E-state index contributed by atoms with van der Waals surface area (Å²) in [4.78, 5) is 2.44. The van der Waals surface area contributed by atoms with Crippen molar-refractivity contribution in [1.82, 2.24) is 4.57 Å². The lowest BCUT2D eigenvalue weighted by atomic mass is 9.69. The lowest BCUT2D eigenvalue weighted by Gasteiger charge is -2.34. The van der Waals surface area contributed by atoms with E-state index in [9.17, 15) is 0 Å². The molecule has 1 aliphatic rings. The number of unbranched alkanes of at least 4 members (excludes halogenated alkanes) is 1. The molecule has 3 nitrogen and oxygen atoms in total. The molecule has 84 heavy (non-hydrogen) atoms. The molecule has 0 spiro atoms. The van der Waals surface area contributed by atoms with Crippen LogP contribution in [0.3, 0.4) is 0 Å². The molecule has 0 saturated heterocycles. The van der Waals surface area contributed by atoms with Crippen LogP contribution in [0.15, 0.2) is 275 Å². The second-order valence-corrected chi connectivity index (χ2v) is 23.3. The molecule has 3 heteroatoms. The Labute approximate surface area is 495 Å². The summed E-state index contributed by atoms with van der Waals surface area (Å²) in [6.07, 6.45) is 8.47. The monoisotopic (exact) mass is 1080 g/mol. The second kappa shape index (κ2) is 22.4. The van der Waals surface area contributed by atoms with Gasteiger partial charge in [-0.3, -0.25) is 0 Å². The first kappa shape index (κ1) is 53.4. The molecule has 0 N–H and O–H groups in total. The van der Waals surface area contributed by atoms with E-state index in [-0.39, 0.29) is 10.8 Å². The number of hydrogen-bond acceptors (Lipinski definition) is 2. The summed E-state index contributed by atoms with van der Waals surface area (Å²) < 4.78 is 8.72. The Morgan fingerprint density at radius 1 is 0.429 bits per heavy atom. The molecule has 0 amide bonds. The first-order chi connectivity index (χ1) is 41.1. The molecule has 11 aromatic carbocycles. The fraction of sp³-hybridized carbons (Fsp3) is 0.111. The summed E-state index contributed by atoms with van der Waals surface area (Å²) in [6.45, 7) is 19.4. The minimum absolute atomic E-state index is 0.0798. The van der Waals surface area contributed by atoms with Crippen LogP contribution < -0.4 is 9.64 Å². The number of ether oxygens (including phenoxy) is 1. The fourth-order valence-corrected chi connectivity index (χ4v) is 12.8. The number of benzene rings is 11. The highest BCUT2D eigenvalue weighted by atomic mass is 16.5. The number of nitrogens with zero attached hydrogens (tertiary/aromatic N) is 2. The summed E-state index contributed by atoms with van der Waals surface area (Å²) >= 11 is 0. The van der Waals surface area contributed by atoms with Crippen LogP contribution in [-0.4, -0.2) is 11.2 Å². The van der Waals surface area contributed by atoms with Crippen LogP contribution in [0.4, 0.5) is 17.1 Å². The third-order valence-corrected chi connectivity index (χ3v) is 17.3. The van der Waals surface area contributed by atoms with E-state index in [0.29, 0.717) is 6.61 Å². The third-order valence-electron chi connectivity index (χ3n) is 17.3. The van der Waals surface area contributed by atoms with Gasteiger partial charge in [0.15, 0.2) is 0 Å². The fourth-order valence-electron chi connectivity index (χ4n) is 12.8. The lowest BCUT2D eigenvalue weighted by molar-refractivity contribution is 0.301. The van der Waals surface area contributed by atoms with Crippen LogP contribution in [0.1, 0.15) is 79.0 Å². The van der Waals surface area contributed by atoms with E-state index in [0.717, 1.165) is 86.6 Å². The molecule has 0 radical (unpaired) electrons. The molecule has 1 aliphatic carbocycles. The zero-order valence-corrected chi connectivity index (χ0v) is 48.2. The maximum Gasteiger partial charge on any atom is 0.119 e. The first-order valence-corrected chi connectivity index (χ1v) is 29.4. The van der Waals surface area contributed by atoms with Crippen LogP contribution in [0.5, 0.6) is 5.75 Å². The second-order valence-electron chi connectivity index (χ2n) is 23.3. The van der Waals surface area contributed by atoms with Crippen molar-refractivity contribution in [2.24, 2.45) is 0 Å². The van der Waals surface area contributed by atoms with Crippen molar-refractivity contribution in [2.75, 3.05) is 11.5 Å². The smallest absolute Gasteiger partial charge is 0.119 e. The summed E-state index contributed by atoms with van der Waals surface area (Å²) in [5.74, 6) is 0.885. The van der Waals surface area contributed by atoms with Gasteiger partial charge in [0, 0.05) is 38.9 Å². The predicted octanol–water partition coefficient (Wildman–Crippen LogP) is 22.0. The Balaban J connectivity index is 0.906. The molecule has 1 aromatic heterocycles. The zero-order valence-electron chi connectivity index (χ0n) is 48.2. The van der Waals surface area contributed by atoms with Crippen molar-refractivity contribution < 1.29 is 4.74 Å².